The van der Waals surface area contributed by atoms with Gasteiger partial charge in [-0.2, -0.15) is 0 Å². The molecular weight excluding hydrogens is 324 g/mol. The van der Waals surface area contributed by atoms with Crippen molar-refractivity contribution in [2.24, 2.45) is 5.73 Å². The van der Waals surface area contributed by atoms with Gasteiger partial charge >= 0.3 is 0 Å². The van der Waals surface area contributed by atoms with Gasteiger partial charge in [0.1, 0.15) is 5.82 Å². The molecule has 1 aromatic heterocycles. The van der Waals surface area contributed by atoms with E-state index in [1.165, 1.54) is 5.57 Å². The van der Waals surface area contributed by atoms with Gasteiger partial charge in [0.2, 0.25) is 0 Å². The Morgan fingerprint density at radius 1 is 1.08 bits per heavy atom. The number of hydroxylamine groups is 1. The Balaban J connectivity index is 1.59. The van der Waals surface area contributed by atoms with Gasteiger partial charge < -0.3 is 5.73 Å². The molecule has 3 N–H and O–H groups in total. The average molecular weight is 346 g/mol. The summed E-state index contributed by atoms with van der Waals surface area (Å²) in [4.78, 5) is 9.95. The molecule has 0 bridgehead atoms. The highest BCUT2D eigenvalue weighted by molar-refractivity contribution is 5.70. The molecule has 3 aromatic rings. The lowest BCUT2D eigenvalue weighted by Gasteiger charge is -2.13. The number of nitrogens with zero attached hydrogens (tertiary/aromatic N) is 2. The van der Waals surface area contributed by atoms with Crippen LogP contribution in [0.3, 0.4) is 0 Å². The first-order valence-corrected chi connectivity index (χ1v) is 8.86. The number of hydrogen-bond acceptors (Lipinski definition) is 4. The van der Waals surface area contributed by atoms with Crippen LogP contribution in [0.5, 0.6) is 0 Å². The molecule has 5 heteroatoms. The minimum Gasteiger partial charge on any atom is -0.328 e. The third kappa shape index (κ3) is 3.54. The van der Waals surface area contributed by atoms with Crippen LogP contribution < -0.4 is 11.2 Å². The summed E-state index contributed by atoms with van der Waals surface area (Å²) in [5.41, 5.74) is 14.3. The molecule has 1 saturated carbocycles. The van der Waals surface area contributed by atoms with Crippen molar-refractivity contribution in [1.82, 2.24) is 15.0 Å². The van der Waals surface area contributed by atoms with E-state index in [9.17, 15) is 0 Å². The van der Waals surface area contributed by atoms with E-state index in [0.717, 1.165) is 41.2 Å². The number of benzene rings is 2. The molecule has 132 valence electrons. The van der Waals surface area contributed by atoms with Crippen LogP contribution in [0.2, 0.25) is 0 Å². The first-order valence-electron chi connectivity index (χ1n) is 8.86. The molecule has 0 amide bonds. The van der Waals surface area contributed by atoms with Crippen molar-refractivity contribution >= 4 is 5.70 Å². The van der Waals surface area contributed by atoms with Crippen molar-refractivity contribution in [2.75, 3.05) is 13.2 Å². The second-order valence-electron chi connectivity index (χ2n) is 6.25. The Morgan fingerprint density at radius 2 is 1.85 bits per heavy atom. The third-order valence-electron chi connectivity index (χ3n) is 4.35. The first kappa shape index (κ1) is 16.6. The summed E-state index contributed by atoms with van der Waals surface area (Å²) in [5.74, 6) is 0.934. The lowest BCUT2D eigenvalue weighted by atomic mass is 10.1. The van der Waals surface area contributed by atoms with Crippen LogP contribution in [0.1, 0.15) is 18.4 Å². The van der Waals surface area contributed by atoms with E-state index in [-0.39, 0.29) is 0 Å². The van der Waals surface area contributed by atoms with Crippen molar-refractivity contribution in [1.29, 1.82) is 0 Å². The molecule has 0 aliphatic heterocycles. The topological polar surface area (TPSA) is 65.1 Å². The highest BCUT2D eigenvalue weighted by Crippen LogP contribution is 2.35. The Hall–Kier alpha value is -2.89. The maximum Gasteiger partial charge on any atom is 0.144 e. The first-order chi connectivity index (χ1) is 12.9. The van der Waals surface area contributed by atoms with Crippen LogP contribution in [0.15, 0.2) is 72.6 Å². The zero-order chi connectivity index (χ0) is 17.8. The summed E-state index contributed by atoms with van der Waals surface area (Å²) < 4.78 is 2.10. The zero-order valence-corrected chi connectivity index (χ0v) is 14.6. The highest BCUT2D eigenvalue weighted by Gasteiger charge is 2.19. The fourth-order valence-electron chi connectivity index (χ4n) is 2.93. The summed E-state index contributed by atoms with van der Waals surface area (Å²) >= 11 is 0. The van der Waals surface area contributed by atoms with E-state index in [4.69, 9.17) is 10.6 Å². The van der Waals surface area contributed by atoms with E-state index in [1.54, 1.807) is 0 Å². The van der Waals surface area contributed by atoms with Crippen LogP contribution in [-0.4, -0.2) is 22.7 Å². The van der Waals surface area contributed by atoms with Crippen molar-refractivity contribution in [3.8, 4) is 17.1 Å². The van der Waals surface area contributed by atoms with Crippen LogP contribution in [0.25, 0.3) is 22.8 Å². The summed E-state index contributed by atoms with van der Waals surface area (Å²) in [6.07, 6.45) is 6.06. The van der Waals surface area contributed by atoms with Gasteiger partial charge in [-0.25, -0.2) is 4.98 Å². The van der Waals surface area contributed by atoms with Crippen molar-refractivity contribution in [2.45, 2.75) is 12.8 Å². The smallest absolute Gasteiger partial charge is 0.144 e. The third-order valence-corrected chi connectivity index (χ3v) is 4.35. The van der Waals surface area contributed by atoms with E-state index in [0.29, 0.717) is 13.2 Å². The normalized spacial score (nSPS) is 12.9. The molecule has 2 aromatic carbocycles. The average Bonchev–Trinajstić information content (AvgIpc) is 3.41. The lowest BCUT2D eigenvalue weighted by Crippen LogP contribution is -2.19. The minimum atomic E-state index is 0.490. The van der Waals surface area contributed by atoms with Gasteiger partial charge in [-0.3, -0.25) is 14.9 Å². The summed E-state index contributed by atoms with van der Waals surface area (Å²) in [7, 11) is 0. The van der Waals surface area contributed by atoms with Gasteiger partial charge in [-0.1, -0.05) is 42.5 Å². The molecule has 4 rings (SSSR count). The van der Waals surface area contributed by atoms with Gasteiger partial charge in [-0.15, -0.1) is 0 Å². The van der Waals surface area contributed by atoms with Gasteiger partial charge in [0, 0.05) is 30.2 Å². The summed E-state index contributed by atoms with van der Waals surface area (Å²) in [6.45, 7) is 0.988. The van der Waals surface area contributed by atoms with Gasteiger partial charge in [0.05, 0.1) is 12.3 Å². The SMILES string of the molecule is NCCONC(=C1CC1)c1ccc(-n2ccnc2-c2ccccc2)cc1. The van der Waals surface area contributed by atoms with E-state index >= 15 is 0 Å². The Bertz CT molecular complexity index is 891. The standard InChI is InChI=1S/C21H22N4O/c22-12-15-26-24-20(16-6-7-16)17-8-10-19(11-9-17)25-14-13-23-21(25)18-4-2-1-3-5-18/h1-5,8-11,13-14,24H,6-7,12,15,22H2. The van der Waals surface area contributed by atoms with Gasteiger partial charge in [-0.05, 0) is 36.1 Å². The number of hydrogen-bond donors (Lipinski definition) is 2. The number of nitrogens with two attached hydrogens (primary N) is 1. The fourth-order valence-corrected chi connectivity index (χ4v) is 2.93. The molecule has 26 heavy (non-hydrogen) atoms. The minimum absolute atomic E-state index is 0.490. The van der Waals surface area contributed by atoms with Crippen LogP contribution in [-0.2, 0) is 4.84 Å². The molecule has 1 heterocycles. The maximum absolute atomic E-state index is 5.49. The highest BCUT2D eigenvalue weighted by atomic mass is 16.6. The lowest BCUT2D eigenvalue weighted by molar-refractivity contribution is 0.0847. The quantitative estimate of drug-likeness (QED) is 0.507. The second-order valence-corrected chi connectivity index (χ2v) is 6.25. The number of aromatic nitrogens is 2. The van der Waals surface area contributed by atoms with Gasteiger partial charge in [0.25, 0.3) is 0 Å². The Kier molecular flexibility index (Phi) is 4.82. The fraction of sp³-hybridized carbons (Fsp3) is 0.190. The predicted octanol–water partition coefficient (Wildman–Crippen LogP) is 3.52. The second kappa shape index (κ2) is 7.56. The molecule has 0 unspecified atom stereocenters. The van der Waals surface area contributed by atoms with E-state index < -0.39 is 0 Å². The molecule has 0 atom stereocenters. The molecule has 1 aliphatic carbocycles. The van der Waals surface area contributed by atoms with Crippen molar-refractivity contribution in [3.05, 3.63) is 78.1 Å². The molecule has 1 fully saturated rings. The van der Waals surface area contributed by atoms with Crippen LogP contribution >= 0.6 is 0 Å². The van der Waals surface area contributed by atoms with Crippen LogP contribution in [0.4, 0.5) is 0 Å². The summed E-state index contributed by atoms with van der Waals surface area (Å²) in [6, 6.07) is 18.7. The molecule has 5 nitrogen and oxygen atoms in total. The molecule has 1 aliphatic rings. The maximum atomic E-state index is 5.49. The summed E-state index contributed by atoms with van der Waals surface area (Å²) in [5, 5.41) is 0. The zero-order valence-electron chi connectivity index (χ0n) is 14.6. The number of rotatable bonds is 7. The molecule has 0 radical (unpaired) electrons. The Morgan fingerprint density at radius 3 is 2.54 bits per heavy atom. The van der Waals surface area contributed by atoms with Crippen molar-refractivity contribution < 1.29 is 4.84 Å². The van der Waals surface area contributed by atoms with Gasteiger partial charge in [0.15, 0.2) is 0 Å². The van der Waals surface area contributed by atoms with Crippen molar-refractivity contribution in [3.63, 3.8) is 0 Å². The Labute approximate surface area is 153 Å². The van der Waals surface area contributed by atoms with E-state index in [1.807, 2.05) is 30.6 Å². The largest absolute Gasteiger partial charge is 0.328 e. The molecular formula is C21H22N4O. The molecule has 0 saturated heterocycles. The van der Waals surface area contributed by atoms with E-state index in [2.05, 4.69) is 51.4 Å². The predicted molar refractivity (Wildman–Crippen MR) is 103 cm³/mol. The number of allylic oxidation sites excluding steroid dienone is 1. The number of imidazole rings is 1. The monoisotopic (exact) mass is 346 g/mol. The van der Waals surface area contributed by atoms with Crippen LogP contribution in [0, 0.1) is 0 Å². The number of nitrogens with one attached hydrogen (secondary N) is 1. The molecule has 0 spiro atoms.